The molecule has 0 spiro atoms. The van der Waals surface area contributed by atoms with Gasteiger partial charge in [-0.2, -0.15) is 0 Å². The molecule has 1 N–H and O–H groups in total. The molecule has 0 bridgehead atoms. The topological polar surface area (TPSA) is 53.4 Å². The van der Waals surface area contributed by atoms with Crippen LogP contribution in [0.4, 0.5) is 5.82 Å². The van der Waals surface area contributed by atoms with E-state index in [1.165, 1.54) is 19.3 Å². The van der Waals surface area contributed by atoms with Crippen molar-refractivity contribution in [1.29, 1.82) is 0 Å². The highest BCUT2D eigenvalue weighted by Crippen LogP contribution is 2.27. The Hall–Kier alpha value is -1.84. The lowest BCUT2D eigenvalue weighted by atomic mass is 9.99. The molecule has 0 saturated carbocycles. The van der Waals surface area contributed by atoms with Crippen molar-refractivity contribution in [2.45, 2.75) is 45.6 Å². The van der Waals surface area contributed by atoms with Gasteiger partial charge in [0.05, 0.1) is 0 Å². The van der Waals surface area contributed by atoms with Crippen LogP contribution in [0.2, 0.25) is 0 Å². The molecule has 4 nitrogen and oxygen atoms in total. The van der Waals surface area contributed by atoms with Gasteiger partial charge in [-0.1, -0.05) is 6.92 Å². The van der Waals surface area contributed by atoms with Gasteiger partial charge in [-0.3, -0.25) is 0 Å². The number of carboxylic acids is 1. The summed E-state index contributed by atoms with van der Waals surface area (Å²) in [5.41, 5.74) is 1.94. The van der Waals surface area contributed by atoms with Crippen molar-refractivity contribution < 1.29 is 9.90 Å². The van der Waals surface area contributed by atoms with Crippen LogP contribution in [0, 0.1) is 6.92 Å². The Balaban J connectivity index is 2.22. The molecule has 4 heteroatoms. The van der Waals surface area contributed by atoms with Crippen molar-refractivity contribution in [3.8, 4) is 0 Å². The molecular formula is C16H22N2O2. The van der Waals surface area contributed by atoms with Crippen molar-refractivity contribution >= 4 is 17.9 Å². The fraction of sp³-hybridized carbons (Fsp3) is 0.500. The van der Waals surface area contributed by atoms with Crippen LogP contribution in [0.3, 0.4) is 0 Å². The highest BCUT2D eigenvalue weighted by atomic mass is 16.4. The Bertz CT molecular complexity index is 511. The number of aryl methyl sites for hydroxylation is 1. The second-order valence-electron chi connectivity index (χ2n) is 5.33. The van der Waals surface area contributed by atoms with Crippen LogP contribution in [0.1, 0.15) is 43.7 Å². The van der Waals surface area contributed by atoms with E-state index >= 15 is 0 Å². The van der Waals surface area contributed by atoms with E-state index in [1.54, 1.807) is 12.3 Å². The number of hydrogen-bond acceptors (Lipinski definition) is 3. The molecule has 0 radical (unpaired) electrons. The van der Waals surface area contributed by atoms with Gasteiger partial charge in [0.2, 0.25) is 0 Å². The first kappa shape index (κ1) is 14.6. The largest absolute Gasteiger partial charge is 0.478 e. The van der Waals surface area contributed by atoms with Gasteiger partial charge < -0.3 is 10.0 Å². The second-order valence-corrected chi connectivity index (χ2v) is 5.33. The number of carboxylic acid groups (broad SMARTS) is 1. The Morgan fingerprint density at radius 2 is 2.35 bits per heavy atom. The number of nitrogens with zero attached hydrogens (tertiary/aromatic N) is 2. The fourth-order valence-corrected chi connectivity index (χ4v) is 2.85. The van der Waals surface area contributed by atoms with Crippen molar-refractivity contribution in [1.82, 2.24) is 4.98 Å². The van der Waals surface area contributed by atoms with Crippen molar-refractivity contribution in [3.63, 3.8) is 0 Å². The van der Waals surface area contributed by atoms with Crippen LogP contribution < -0.4 is 4.90 Å². The van der Waals surface area contributed by atoms with Gasteiger partial charge in [-0.25, -0.2) is 9.78 Å². The zero-order valence-electron chi connectivity index (χ0n) is 12.2. The highest BCUT2D eigenvalue weighted by molar-refractivity contribution is 5.85. The van der Waals surface area contributed by atoms with Gasteiger partial charge >= 0.3 is 5.97 Å². The average Bonchev–Trinajstić information content (AvgIpc) is 2.45. The predicted octanol–water partition coefficient (Wildman–Crippen LogP) is 3.26. The smallest absolute Gasteiger partial charge is 0.328 e. The summed E-state index contributed by atoms with van der Waals surface area (Å²) in [5, 5.41) is 8.65. The summed E-state index contributed by atoms with van der Waals surface area (Å²) in [6.45, 7) is 5.33. The number of pyridine rings is 1. The maximum Gasteiger partial charge on any atom is 0.328 e. The van der Waals surface area contributed by atoms with Gasteiger partial charge in [0.15, 0.2) is 0 Å². The molecule has 1 saturated heterocycles. The lowest BCUT2D eigenvalue weighted by Crippen LogP contribution is -2.40. The van der Waals surface area contributed by atoms with Crippen LogP contribution in [-0.2, 0) is 4.79 Å². The minimum absolute atomic E-state index is 0.579. The zero-order valence-corrected chi connectivity index (χ0v) is 12.2. The summed E-state index contributed by atoms with van der Waals surface area (Å²) in [5.74, 6) is 0.109. The van der Waals surface area contributed by atoms with Crippen LogP contribution in [-0.4, -0.2) is 28.6 Å². The SMILES string of the molecule is CCC1CCCCN1c1ncc(/C=C/C(=O)O)cc1C. The summed E-state index contributed by atoms with van der Waals surface area (Å²) < 4.78 is 0. The first-order chi connectivity index (χ1) is 9.61. The summed E-state index contributed by atoms with van der Waals surface area (Å²) in [6, 6.07) is 2.58. The van der Waals surface area contributed by atoms with Gasteiger partial charge in [0.25, 0.3) is 0 Å². The van der Waals surface area contributed by atoms with Crippen molar-refractivity contribution in [3.05, 3.63) is 29.5 Å². The maximum absolute atomic E-state index is 10.5. The Morgan fingerprint density at radius 1 is 1.55 bits per heavy atom. The number of rotatable bonds is 4. The molecule has 1 aromatic rings. The van der Waals surface area contributed by atoms with E-state index in [1.807, 2.05) is 13.0 Å². The molecule has 0 amide bonds. The summed E-state index contributed by atoms with van der Waals surface area (Å²) >= 11 is 0. The molecule has 2 rings (SSSR count). The fourth-order valence-electron chi connectivity index (χ4n) is 2.85. The Kier molecular flexibility index (Phi) is 4.77. The zero-order chi connectivity index (χ0) is 14.5. The third kappa shape index (κ3) is 3.38. The number of piperidine rings is 1. The average molecular weight is 274 g/mol. The molecule has 1 aromatic heterocycles. The van der Waals surface area contributed by atoms with Crippen LogP contribution >= 0.6 is 0 Å². The molecule has 1 atom stereocenters. The van der Waals surface area contributed by atoms with E-state index in [0.717, 1.165) is 36.0 Å². The molecule has 0 aliphatic carbocycles. The Morgan fingerprint density at radius 3 is 3.00 bits per heavy atom. The van der Waals surface area contributed by atoms with E-state index in [9.17, 15) is 4.79 Å². The summed E-state index contributed by atoms with van der Waals surface area (Å²) in [4.78, 5) is 17.5. The van der Waals surface area contributed by atoms with Gasteiger partial charge in [0.1, 0.15) is 5.82 Å². The van der Waals surface area contributed by atoms with Crippen LogP contribution in [0.15, 0.2) is 18.3 Å². The molecular weight excluding hydrogens is 252 g/mol. The van der Waals surface area contributed by atoms with Crippen molar-refractivity contribution in [2.24, 2.45) is 0 Å². The third-order valence-corrected chi connectivity index (χ3v) is 3.86. The summed E-state index contributed by atoms with van der Waals surface area (Å²) in [7, 11) is 0. The lowest BCUT2D eigenvalue weighted by Gasteiger charge is -2.37. The minimum Gasteiger partial charge on any atom is -0.478 e. The standard InChI is InChI=1S/C16H22N2O2/c1-3-14-6-4-5-9-18(14)16-12(2)10-13(11-17-16)7-8-15(19)20/h7-8,10-11,14H,3-6,9H2,1-2H3,(H,19,20)/b8-7+. The number of carbonyl (C=O) groups is 1. The van der Waals surface area contributed by atoms with E-state index in [-0.39, 0.29) is 0 Å². The van der Waals surface area contributed by atoms with Gasteiger partial charge in [0, 0.05) is 24.9 Å². The molecule has 1 aliphatic rings. The van der Waals surface area contributed by atoms with Crippen molar-refractivity contribution in [2.75, 3.05) is 11.4 Å². The maximum atomic E-state index is 10.5. The molecule has 20 heavy (non-hydrogen) atoms. The molecule has 108 valence electrons. The molecule has 0 aromatic carbocycles. The number of aromatic nitrogens is 1. The van der Waals surface area contributed by atoms with E-state index in [0.29, 0.717) is 6.04 Å². The summed E-state index contributed by atoms with van der Waals surface area (Å²) in [6.07, 6.45) is 9.38. The van der Waals surface area contributed by atoms with Crippen LogP contribution in [0.5, 0.6) is 0 Å². The molecule has 1 aliphatic heterocycles. The molecule has 1 fully saturated rings. The van der Waals surface area contributed by atoms with E-state index < -0.39 is 5.97 Å². The Labute approximate surface area is 120 Å². The monoisotopic (exact) mass is 274 g/mol. The third-order valence-electron chi connectivity index (χ3n) is 3.86. The van der Waals surface area contributed by atoms with Gasteiger partial charge in [-0.15, -0.1) is 0 Å². The lowest BCUT2D eigenvalue weighted by molar-refractivity contribution is -0.131. The highest BCUT2D eigenvalue weighted by Gasteiger charge is 2.23. The van der Waals surface area contributed by atoms with E-state index in [2.05, 4.69) is 16.8 Å². The predicted molar refractivity (Wildman–Crippen MR) is 80.9 cm³/mol. The quantitative estimate of drug-likeness (QED) is 0.856. The first-order valence-electron chi connectivity index (χ1n) is 7.26. The molecule has 1 unspecified atom stereocenters. The second kappa shape index (κ2) is 6.55. The number of aliphatic carboxylic acids is 1. The first-order valence-corrected chi connectivity index (χ1v) is 7.26. The minimum atomic E-state index is -0.936. The number of anilines is 1. The van der Waals surface area contributed by atoms with E-state index in [4.69, 9.17) is 5.11 Å². The number of hydrogen-bond donors (Lipinski definition) is 1. The van der Waals surface area contributed by atoms with Crippen LogP contribution in [0.25, 0.3) is 6.08 Å². The molecule has 2 heterocycles. The van der Waals surface area contributed by atoms with Gasteiger partial charge in [-0.05, 0) is 55.9 Å². The normalized spacial score (nSPS) is 19.5.